The van der Waals surface area contributed by atoms with Crippen LogP contribution in [0.1, 0.15) is 92.9 Å². The second-order valence-electron chi connectivity index (χ2n) is 16.0. The molecule has 1 aromatic heterocycles. The van der Waals surface area contributed by atoms with Crippen LogP contribution >= 0.6 is 23.2 Å². The van der Waals surface area contributed by atoms with E-state index in [4.69, 9.17) is 42.1 Å². The lowest BCUT2D eigenvalue weighted by Crippen LogP contribution is -2.54. The Kier molecular flexibility index (Phi) is 19.4. The van der Waals surface area contributed by atoms with Gasteiger partial charge in [-0.05, 0) is 56.4 Å². The molecule has 0 radical (unpaired) electrons. The van der Waals surface area contributed by atoms with Crippen molar-refractivity contribution in [2.45, 2.75) is 63.5 Å². The van der Waals surface area contributed by atoms with Gasteiger partial charge in [-0.1, -0.05) is 35.3 Å². The molecule has 1 atom stereocenters. The number of aromatic nitrogens is 2. The molecule has 4 heterocycles. The Hall–Kier alpha value is -6.46. The number of rotatable bonds is 25. The zero-order valence-corrected chi connectivity index (χ0v) is 39.0. The molecule has 24 heteroatoms. The van der Waals surface area contributed by atoms with Crippen LogP contribution in [0.4, 0.5) is 5.69 Å². The van der Waals surface area contributed by atoms with Crippen molar-refractivity contribution in [1.29, 1.82) is 0 Å². The number of hydrogen-bond donors (Lipinski definition) is 6. The van der Waals surface area contributed by atoms with Crippen molar-refractivity contribution >= 4 is 82.1 Å². The fourth-order valence-electron chi connectivity index (χ4n) is 7.60. The van der Waals surface area contributed by atoms with E-state index in [2.05, 4.69) is 36.8 Å². The molecule has 2 aromatic carbocycles. The van der Waals surface area contributed by atoms with Gasteiger partial charge < -0.3 is 45.1 Å². The normalized spacial score (nSPS) is 15.9. The van der Waals surface area contributed by atoms with Crippen molar-refractivity contribution in [3.63, 3.8) is 0 Å². The molecular weight excluding hydrogens is 945 g/mol. The number of nitrogens with zero attached hydrogens (tertiary/aromatic N) is 3. The SMILES string of the molecule is O=C(CCC(=O)N1CCC(NC(=O)c2[nH]ncc2NC(=O)c2c(Cl)cccc2Cl)CC1)NCCCOCCOCCOCCCNC(=O)COc1cccc2c1C(=O)N(C1CCC(=O)NC1=O)C2=O. The molecule has 9 amide bonds. The van der Waals surface area contributed by atoms with E-state index in [1.165, 1.54) is 36.5 Å². The standard InChI is InChI=1S/C45H53Cl2N9O13/c46-29-6-2-7-30(47)39(29)42(62)52-31-25-50-54-40(31)43(63)51-27-13-17-55(18-14-27)37(60)12-11-34(57)48-15-3-19-66-21-23-68-24-22-67-20-4-16-49-36(59)26-69-33-8-1-5-28-38(33)45(65)56(44(28)64)32-9-10-35(58)53-41(32)61/h1-2,5-8,25,27,32H,3-4,9-24,26H2,(H,48,57)(H,49,59)(H,50,54)(H,51,63)(H,52,62)(H,53,58,61). The summed E-state index contributed by atoms with van der Waals surface area (Å²) in [6, 6.07) is 7.74. The Morgan fingerprint density at radius 1 is 0.754 bits per heavy atom. The van der Waals surface area contributed by atoms with E-state index in [1.54, 1.807) is 11.0 Å². The van der Waals surface area contributed by atoms with Crippen LogP contribution in [-0.2, 0) is 38.2 Å². The summed E-state index contributed by atoms with van der Waals surface area (Å²) in [5.41, 5.74) is 0.293. The van der Waals surface area contributed by atoms with Crippen molar-refractivity contribution in [2.24, 2.45) is 0 Å². The molecule has 69 heavy (non-hydrogen) atoms. The number of likely N-dealkylation sites (tertiary alicyclic amines) is 1. The first kappa shape index (κ1) is 51.9. The number of H-pyrrole nitrogens is 1. The zero-order chi connectivity index (χ0) is 49.3. The lowest BCUT2D eigenvalue weighted by Gasteiger charge is -2.32. The minimum Gasteiger partial charge on any atom is -0.483 e. The predicted molar refractivity (Wildman–Crippen MR) is 246 cm³/mol. The number of ether oxygens (including phenoxy) is 4. The molecule has 3 aliphatic rings. The maximum Gasteiger partial charge on any atom is 0.271 e. The number of anilines is 1. The Labute approximate surface area is 406 Å². The molecule has 0 spiro atoms. The van der Waals surface area contributed by atoms with E-state index in [0.717, 1.165) is 4.90 Å². The highest BCUT2D eigenvalue weighted by atomic mass is 35.5. The Balaban J connectivity index is 0.719. The van der Waals surface area contributed by atoms with E-state index in [9.17, 15) is 43.2 Å². The van der Waals surface area contributed by atoms with Crippen molar-refractivity contribution < 1.29 is 62.1 Å². The van der Waals surface area contributed by atoms with Crippen LogP contribution < -0.4 is 31.3 Å². The molecule has 0 aliphatic carbocycles. The quantitative estimate of drug-likeness (QED) is 0.0524. The summed E-state index contributed by atoms with van der Waals surface area (Å²) in [6.07, 6.45) is 3.54. The van der Waals surface area contributed by atoms with E-state index in [1.807, 2.05) is 0 Å². The van der Waals surface area contributed by atoms with Crippen LogP contribution in [0.2, 0.25) is 10.0 Å². The summed E-state index contributed by atoms with van der Waals surface area (Å²) in [4.78, 5) is 116. The van der Waals surface area contributed by atoms with E-state index in [-0.39, 0.29) is 87.4 Å². The number of nitrogens with one attached hydrogen (secondary N) is 6. The molecule has 1 unspecified atom stereocenters. The highest BCUT2D eigenvalue weighted by Gasteiger charge is 2.46. The molecular formula is C45H53Cl2N9O13. The summed E-state index contributed by atoms with van der Waals surface area (Å²) < 4.78 is 22.2. The molecule has 2 fully saturated rings. The highest BCUT2D eigenvalue weighted by Crippen LogP contribution is 2.34. The molecule has 6 N–H and O–H groups in total. The number of imide groups is 2. The van der Waals surface area contributed by atoms with E-state index >= 15 is 0 Å². The van der Waals surface area contributed by atoms with Crippen LogP contribution in [0.15, 0.2) is 42.6 Å². The van der Waals surface area contributed by atoms with E-state index < -0.39 is 54.0 Å². The molecule has 3 aromatic rings. The van der Waals surface area contributed by atoms with Gasteiger partial charge in [-0.25, -0.2) is 0 Å². The highest BCUT2D eigenvalue weighted by molar-refractivity contribution is 6.40. The van der Waals surface area contributed by atoms with Gasteiger partial charge in [0.05, 0.1) is 65.0 Å². The molecule has 2 saturated heterocycles. The number of halogens is 2. The Morgan fingerprint density at radius 2 is 1.39 bits per heavy atom. The van der Waals surface area contributed by atoms with Crippen LogP contribution in [0.5, 0.6) is 5.75 Å². The first-order valence-corrected chi connectivity index (χ1v) is 23.2. The second-order valence-corrected chi connectivity index (χ2v) is 16.8. The number of aromatic amines is 1. The van der Waals surface area contributed by atoms with Gasteiger partial charge in [-0.2, -0.15) is 5.10 Å². The van der Waals surface area contributed by atoms with Gasteiger partial charge in [-0.15, -0.1) is 0 Å². The largest absolute Gasteiger partial charge is 0.483 e. The number of benzene rings is 2. The number of fused-ring (bicyclic) bond motifs is 1. The third kappa shape index (κ3) is 14.5. The first-order valence-electron chi connectivity index (χ1n) is 22.4. The van der Waals surface area contributed by atoms with Gasteiger partial charge in [0, 0.05) is 64.7 Å². The van der Waals surface area contributed by atoms with Crippen molar-refractivity contribution in [3.05, 3.63) is 75.0 Å². The predicted octanol–water partition coefficient (Wildman–Crippen LogP) is 2.01. The lowest BCUT2D eigenvalue weighted by molar-refractivity contribution is -0.136. The van der Waals surface area contributed by atoms with Gasteiger partial charge >= 0.3 is 0 Å². The monoisotopic (exact) mass is 997 g/mol. The average Bonchev–Trinajstić information content (AvgIpc) is 3.89. The maximum absolute atomic E-state index is 13.2. The van der Waals surface area contributed by atoms with Gasteiger partial charge in [0.2, 0.25) is 23.6 Å². The first-order chi connectivity index (χ1) is 33.3. The number of carbonyl (C=O) groups excluding carboxylic acids is 9. The summed E-state index contributed by atoms with van der Waals surface area (Å²) in [7, 11) is 0. The van der Waals surface area contributed by atoms with Gasteiger partial charge in [0.15, 0.2) is 6.61 Å². The van der Waals surface area contributed by atoms with Crippen LogP contribution in [0.3, 0.4) is 0 Å². The van der Waals surface area contributed by atoms with Crippen molar-refractivity contribution in [1.82, 2.24) is 41.3 Å². The average molecular weight is 999 g/mol. The topological polar surface area (TPSA) is 286 Å². The van der Waals surface area contributed by atoms with Gasteiger partial charge in [0.1, 0.15) is 17.5 Å². The number of carbonyl (C=O) groups is 9. The van der Waals surface area contributed by atoms with E-state index in [0.29, 0.717) is 91.5 Å². The summed E-state index contributed by atoms with van der Waals surface area (Å²) in [5, 5.41) is 20.0. The fraction of sp³-hybridized carbons (Fsp3) is 0.467. The third-order valence-corrected chi connectivity index (χ3v) is 11.8. The summed E-state index contributed by atoms with van der Waals surface area (Å²) >= 11 is 12.3. The zero-order valence-electron chi connectivity index (χ0n) is 37.5. The minimum atomic E-state index is -1.11. The van der Waals surface area contributed by atoms with Crippen LogP contribution in [0, 0.1) is 0 Å². The minimum absolute atomic E-state index is 0.00270. The fourth-order valence-corrected chi connectivity index (χ4v) is 8.16. The Morgan fingerprint density at radius 3 is 2.06 bits per heavy atom. The van der Waals surface area contributed by atoms with Crippen molar-refractivity contribution in [3.8, 4) is 5.75 Å². The van der Waals surface area contributed by atoms with Crippen LogP contribution in [-0.4, -0.2) is 158 Å². The van der Waals surface area contributed by atoms with Crippen LogP contribution in [0.25, 0.3) is 0 Å². The summed E-state index contributed by atoms with van der Waals surface area (Å²) in [6.45, 7) is 3.26. The second kappa shape index (κ2) is 25.8. The lowest BCUT2D eigenvalue weighted by atomic mass is 10.0. The number of amides is 9. The molecule has 22 nitrogen and oxygen atoms in total. The third-order valence-electron chi connectivity index (χ3n) is 11.2. The molecule has 3 aliphatic heterocycles. The maximum atomic E-state index is 13.2. The summed E-state index contributed by atoms with van der Waals surface area (Å²) in [5.74, 6) is -4.46. The number of piperidine rings is 2. The van der Waals surface area contributed by atoms with Gasteiger partial charge in [-0.3, -0.25) is 58.5 Å². The number of hydrogen-bond acceptors (Lipinski definition) is 14. The van der Waals surface area contributed by atoms with Crippen molar-refractivity contribution in [2.75, 3.05) is 77.7 Å². The van der Waals surface area contributed by atoms with Gasteiger partial charge in [0.25, 0.3) is 29.5 Å². The molecule has 6 rings (SSSR count). The molecule has 0 saturated carbocycles. The Bertz CT molecular complexity index is 2370. The molecule has 0 bridgehead atoms. The smallest absolute Gasteiger partial charge is 0.271 e. The molecule has 370 valence electrons.